The molecule has 96 valence electrons. The predicted molar refractivity (Wildman–Crippen MR) is 73.5 cm³/mol. The van der Waals surface area contributed by atoms with Crippen LogP contribution in [0.15, 0.2) is 18.1 Å². The zero-order chi connectivity index (χ0) is 13.3. The lowest BCUT2D eigenvalue weighted by atomic mass is 10.2. The van der Waals surface area contributed by atoms with Crippen molar-refractivity contribution in [2.75, 3.05) is 6.54 Å². The molecular formula is C12H16N4OS. The number of amides is 1. The van der Waals surface area contributed by atoms with Crippen LogP contribution < -0.4 is 5.32 Å². The van der Waals surface area contributed by atoms with Crippen molar-refractivity contribution in [2.24, 2.45) is 13.0 Å². The van der Waals surface area contributed by atoms with E-state index < -0.39 is 0 Å². The van der Waals surface area contributed by atoms with Crippen LogP contribution in [0.2, 0.25) is 0 Å². The average molecular weight is 264 g/mol. The van der Waals surface area contributed by atoms with Gasteiger partial charge in [0, 0.05) is 25.4 Å². The van der Waals surface area contributed by atoms with Gasteiger partial charge in [-0.3, -0.25) is 14.4 Å². The monoisotopic (exact) mass is 264 g/mol. The summed E-state index contributed by atoms with van der Waals surface area (Å²) in [6.45, 7) is 4.74. The van der Waals surface area contributed by atoms with E-state index in [-0.39, 0.29) is 5.91 Å². The molecule has 0 spiro atoms. The number of aryl methyl sites for hydroxylation is 1. The van der Waals surface area contributed by atoms with Crippen LogP contribution in [0.5, 0.6) is 0 Å². The SMILES string of the molecule is CC(C)CN1C(=O)/C(=C\c2cnn(C)c2)NC1=S. The zero-order valence-electron chi connectivity index (χ0n) is 10.7. The van der Waals surface area contributed by atoms with E-state index in [1.165, 1.54) is 0 Å². The summed E-state index contributed by atoms with van der Waals surface area (Å²) >= 11 is 5.17. The van der Waals surface area contributed by atoms with Crippen LogP contribution in [0.1, 0.15) is 19.4 Å². The number of nitrogens with one attached hydrogen (secondary N) is 1. The number of rotatable bonds is 3. The van der Waals surface area contributed by atoms with Crippen molar-refractivity contribution in [2.45, 2.75) is 13.8 Å². The highest BCUT2D eigenvalue weighted by atomic mass is 32.1. The molecule has 0 saturated carbocycles. The molecule has 1 aliphatic rings. The molecule has 0 aliphatic carbocycles. The maximum Gasteiger partial charge on any atom is 0.276 e. The van der Waals surface area contributed by atoms with Gasteiger partial charge in [0.2, 0.25) is 0 Å². The van der Waals surface area contributed by atoms with Crippen LogP contribution in [-0.2, 0) is 11.8 Å². The minimum atomic E-state index is -0.0717. The first-order valence-corrected chi connectivity index (χ1v) is 6.21. The summed E-state index contributed by atoms with van der Waals surface area (Å²) in [6.07, 6.45) is 5.31. The summed E-state index contributed by atoms with van der Waals surface area (Å²) in [4.78, 5) is 13.7. The second-order valence-electron chi connectivity index (χ2n) is 4.75. The highest BCUT2D eigenvalue weighted by Gasteiger charge is 2.30. The average Bonchev–Trinajstić information content (AvgIpc) is 2.78. The van der Waals surface area contributed by atoms with Crippen molar-refractivity contribution in [1.82, 2.24) is 20.0 Å². The van der Waals surface area contributed by atoms with Crippen molar-refractivity contribution in [3.63, 3.8) is 0 Å². The van der Waals surface area contributed by atoms with Gasteiger partial charge in [0.05, 0.1) is 6.20 Å². The normalized spacial score (nSPS) is 18.0. The fourth-order valence-corrected chi connectivity index (χ4v) is 2.05. The van der Waals surface area contributed by atoms with Gasteiger partial charge in [0.15, 0.2) is 5.11 Å². The van der Waals surface area contributed by atoms with Crippen LogP contribution >= 0.6 is 12.2 Å². The first-order chi connectivity index (χ1) is 8.47. The van der Waals surface area contributed by atoms with Crippen LogP contribution in [0.4, 0.5) is 0 Å². The van der Waals surface area contributed by atoms with Crippen molar-refractivity contribution >= 4 is 29.3 Å². The summed E-state index contributed by atoms with van der Waals surface area (Å²) in [6, 6.07) is 0. The zero-order valence-corrected chi connectivity index (χ0v) is 11.5. The molecule has 1 saturated heterocycles. The molecule has 0 radical (unpaired) electrons. The Kier molecular flexibility index (Phi) is 3.47. The summed E-state index contributed by atoms with van der Waals surface area (Å²) in [5.74, 6) is 0.309. The number of carbonyl (C=O) groups is 1. The Balaban J connectivity index is 2.19. The summed E-state index contributed by atoms with van der Waals surface area (Å²) < 4.78 is 1.69. The fourth-order valence-electron chi connectivity index (χ4n) is 1.78. The highest BCUT2D eigenvalue weighted by Crippen LogP contribution is 2.15. The van der Waals surface area contributed by atoms with Crippen molar-refractivity contribution < 1.29 is 4.79 Å². The molecule has 1 amide bonds. The van der Waals surface area contributed by atoms with Gasteiger partial charge in [-0.1, -0.05) is 13.8 Å². The molecule has 0 aromatic carbocycles. The molecule has 5 nitrogen and oxygen atoms in total. The molecular weight excluding hydrogens is 248 g/mol. The van der Waals surface area contributed by atoms with Crippen molar-refractivity contribution in [3.8, 4) is 0 Å². The number of thiocarbonyl (C=S) groups is 1. The molecule has 2 rings (SSSR count). The van der Waals surface area contributed by atoms with E-state index in [4.69, 9.17) is 12.2 Å². The Morgan fingerprint density at radius 1 is 1.56 bits per heavy atom. The molecule has 1 aliphatic heterocycles. The number of nitrogens with zero attached hydrogens (tertiary/aromatic N) is 3. The van der Waals surface area contributed by atoms with Crippen molar-refractivity contribution in [1.29, 1.82) is 0 Å². The molecule has 1 fully saturated rings. The Labute approximate surface area is 111 Å². The van der Waals surface area contributed by atoms with Gasteiger partial charge in [-0.05, 0) is 24.2 Å². The van der Waals surface area contributed by atoms with Crippen LogP contribution in [0.3, 0.4) is 0 Å². The predicted octanol–water partition coefficient (Wildman–Crippen LogP) is 1.13. The van der Waals surface area contributed by atoms with Crippen molar-refractivity contribution in [3.05, 3.63) is 23.7 Å². The molecule has 6 heteroatoms. The Hall–Kier alpha value is -1.69. The number of hydrogen-bond acceptors (Lipinski definition) is 3. The standard InChI is InChI=1S/C12H16N4OS/c1-8(2)6-16-11(17)10(14-12(16)18)4-9-5-13-15(3)7-9/h4-5,7-8H,6H2,1-3H3,(H,14,18)/b10-4+. The number of carbonyl (C=O) groups excluding carboxylic acids is 1. The van der Waals surface area contributed by atoms with Gasteiger partial charge >= 0.3 is 0 Å². The van der Waals surface area contributed by atoms with E-state index >= 15 is 0 Å². The van der Waals surface area contributed by atoms with Gasteiger partial charge < -0.3 is 5.32 Å². The van der Waals surface area contributed by atoms with E-state index in [0.717, 1.165) is 5.56 Å². The Morgan fingerprint density at radius 2 is 2.28 bits per heavy atom. The molecule has 1 aromatic rings. The third-order valence-electron chi connectivity index (χ3n) is 2.55. The molecule has 18 heavy (non-hydrogen) atoms. The van der Waals surface area contributed by atoms with E-state index in [2.05, 4.69) is 24.3 Å². The topological polar surface area (TPSA) is 50.2 Å². The Bertz CT molecular complexity index is 518. The smallest absolute Gasteiger partial charge is 0.276 e. The minimum absolute atomic E-state index is 0.0717. The minimum Gasteiger partial charge on any atom is -0.328 e. The maximum atomic E-state index is 12.1. The van der Waals surface area contributed by atoms with Gasteiger partial charge in [-0.2, -0.15) is 5.10 Å². The second-order valence-corrected chi connectivity index (χ2v) is 5.13. The van der Waals surface area contributed by atoms with Gasteiger partial charge in [-0.25, -0.2) is 0 Å². The lowest BCUT2D eigenvalue weighted by molar-refractivity contribution is -0.122. The quantitative estimate of drug-likeness (QED) is 0.657. The third kappa shape index (κ3) is 2.59. The third-order valence-corrected chi connectivity index (χ3v) is 2.87. The van der Waals surface area contributed by atoms with Gasteiger partial charge in [-0.15, -0.1) is 0 Å². The van der Waals surface area contributed by atoms with Gasteiger partial charge in [0.25, 0.3) is 5.91 Å². The van der Waals surface area contributed by atoms with E-state index in [9.17, 15) is 4.79 Å². The van der Waals surface area contributed by atoms with E-state index in [1.54, 1.807) is 21.9 Å². The van der Waals surface area contributed by atoms with E-state index in [0.29, 0.717) is 23.3 Å². The Morgan fingerprint density at radius 3 is 2.83 bits per heavy atom. The van der Waals surface area contributed by atoms with Crippen LogP contribution in [0, 0.1) is 5.92 Å². The lowest BCUT2D eigenvalue weighted by Crippen LogP contribution is -2.33. The first kappa shape index (κ1) is 12.8. The molecule has 2 heterocycles. The molecule has 1 N–H and O–H groups in total. The molecule has 1 aromatic heterocycles. The number of hydrogen-bond donors (Lipinski definition) is 1. The fraction of sp³-hybridized carbons (Fsp3) is 0.417. The number of aromatic nitrogens is 2. The van der Waals surface area contributed by atoms with Crippen LogP contribution in [-0.4, -0.2) is 32.2 Å². The summed E-state index contributed by atoms with van der Waals surface area (Å²) in [5.41, 5.74) is 1.39. The highest BCUT2D eigenvalue weighted by molar-refractivity contribution is 7.80. The molecule has 0 unspecified atom stereocenters. The molecule has 0 bridgehead atoms. The lowest BCUT2D eigenvalue weighted by Gasteiger charge is -2.15. The summed E-state index contributed by atoms with van der Waals surface area (Å²) in [7, 11) is 1.83. The second kappa shape index (κ2) is 4.89. The van der Waals surface area contributed by atoms with E-state index in [1.807, 2.05) is 13.2 Å². The maximum absolute atomic E-state index is 12.1. The van der Waals surface area contributed by atoms with Crippen LogP contribution in [0.25, 0.3) is 6.08 Å². The van der Waals surface area contributed by atoms with Gasteiger partial charge in [0.1, 0.15) is 5.70 Å². The summed E-state index contributed by atoms with van der Waals surface area (Å²) in [5, 5.41) is 7.48. The largest absolute Gasteiger partial charge is 0.328 e. The first-order valence-electron chi connectivity index (χ1n) is 5.80. The molecule has 0 atom stereocenters.